The normalized spacial score (nSPS) is 27.1. The summed E-state index contributed by atoms with van der Waals surface area (Å²) in [5.74, 6) is -0.0649. The number of carbonyl (C=O) groups excluding carboxylic acids is 1. The van der Waals surface area contributed by atoms with Gasteiger partial charge < -0.3 is 10.1 Å². The number of likely N-dealkylation sites (N-methyl/N-ethyl adjacent to an activating group) is 1. The van der Waals surface area contributed by atoms with Crippen molar-refractivity contribution in [3.05, 3.63) is 0 Å². The van der Waals surface area contributed by atoms with E-state index in [1.807, 2.05) is 13.1 Å². The Morgan fingerprint density at radius 2 is 2.14 bits per heavy atom. The summed E-state index contributed by atoms with van der Waals surface area (Å²) in [5.41, 5.74) is 0.249. The van der Waals surface area contributed by atoms with E-state index in [0.717, 1.165) is 13.0 Å². The summed E-state index contributed by atoms with van der Waals surface area (Å²) in [7, 11) is 2.02. The largest absolute Gasteiger partial charge is 0.378 e. The number of ether oxygens (including phenoxy) is 1. The molecule has 0 saturated heterocycles. The van der Waals surface area contributed by atoms with Crippen molar-refractivity contribution < 1.29 is 9.53 Å². The summed E-state index contributed by atoms with van der Waals surface area (Å²) in [6, 6.07) is 2.37. The highest BCUT2D eigenvalue weighted by Gasteiger charge is 2.56. The lowest BCUT2D eigenvalue weighted by Gasteiger charge is -2.60. The fourth-order valence-corrected chi connectivity index (χ4v) is 4.18. The maximum absolute atomic E-state index is 11.8. The number of rotatable bonds is 6. The van der Waals surface area contributed by atoms with E-state index in [4.69, 9.17) is 10.00 Å². The van der Waals surface area contributed by atoms with Crippen molar-refractivity contribution in [3.63, 3.8) is 0 Å². The van der Waals surface area contributed by atoms with Crippen LogP contribution in [0.1, 0.15) is 45.4 Å². The monoisotopic (exact) mass is 293 g/mol. The highest BCUT2D eigenvalue weighted by atomic mass is 16.5. The molecule has 2 fully saturated rings. The third-order valence-corrected chi connectivity index (χ3v) is 5.18. The molecule has 0 bridgehead atoms. The van der Waals surface area contributed by atoms with E-state index in [9.17, 15) is 4.79 Å². The minimum Gasteiger partial charge on any atom is -0.378 e. The van der Waals surface area contributed by atoms with Gasteiger partial charge in [0, 0.05) is 18.1 Å². The third-order valence-electron chi connectivity index (χ3n) is 5.18. The molecule has 0 aromatic carbocycles. The highest BCUT2D eigenvalue weighted by Crippen LogP contribution is 2.55. The van der Waals surface area contributed by atoms with Crippen molar-refractivity contribution in [2.75, 3.05) is 26.7 Å². The van der Waals surface area contributed by atoms with Gasteiger partial charge in [0.2, 0.25) is 5.91 Å². The average Bonchev–Trinajstić information content (AvgIpc) is 2.49. The van der Waals surface area contributed by atoms with Crippen LogP contribution < -0.4 is 5.32 Å². The average molecular weight is 293 g/mol. The van der Waals surface area contributed by atoms with Gasteiger partial charge in [-0.05, 0) is 33.2 Å². The van der Waals surface area contributed by atoms with E-state index in [0.29, 0.717) is 18.7 Å². The number of nitriles is 1. The van der Waals surface area contributed by atoms with Crippen LogP contribution in [0.2, 0.25) is 0 Å². The summed E-state index contributed by atoms with van der Waals surface area (Å²) in [5, 5.41) is 11.1. The Morgan fingerprint density at radius 3 is 2.76 bits per heavy atom. The van der Waals surface area contributed by atoms with Gasteiger partial charge in [0.1, 0.15) is 6.54 Å². The molecule has 1 amide bonds. The minimum atomic E-state index is -0.0649. The first kappa shape index (κ1) is 16.3. The second-order valence-electron chi connectivity index (χ2n) is 6.34. The fraction of sp³-hybridized carbons (Fsp3) is 0.875. The van der Waals surface area contributed by atoms with Crippen molar-refractivity contribution in [1.29, 1.82) is 5.26 Å². The van der Waals surface area contributed by atoms with Gasteiger partial charge in [-0.3, -0.25) is 9.69 Å². The molecular formula is C16H27N3O2. The van der Waals surface area contributed by atoms with Crippen LogP contribution in [0.4, 0.5) is 0 Å². The summed E-state index contributed by atoms with van der Waals surface area (Å²) >= 11 is 0. The van der Waals surface area contributed by atoms with Gasteiger partial charge >= 0.3 is 0 Å². The molecule has 21 heavy (non-hydrogen) atoms. The quantitative estimate of drug-likeness (QED) is 0.757. The van der Waals surface area contributed by atoms with Crippen molar-refractivity contribution >= 4 is 5.91 Å². The molecular weight excluding hydrogens is 266 g/mol. The number of hydrogen-bond donors (Lipinski definition) is 1. The number of hydrogen-bond acceptors (Lipinski definition) is 4. The summed E-state index contributed by atoms with van der Waals surface area (Å²) in [4.78, 5) is 14.0. The molecule has 0 aromatic heterocycles. The maximum Gasteiger partial charge on any atom is 0.235 e. The molecule has 0 unspecified atom stereocenters. The minimum absolute atomic E-state index is 0.0649. The standard InChI is InChI=1S/C16H27N3O2/c1-3-21-14-11-13(16(14)7-5-4-6-8-16)19(2)12-15(20)18-10-9-17/h13-14H,3-8,10-12H2,1-2H3,(H,18,20)/t13-,14+/m0/s1. The molecule has 2 rings (SSSR count). The Labute approximate surface area is 127 Å². The lowest BCUT2D eigenvalue weighted by atomic mass is 9.54. The first-order valence-electron chi connectivity index (χ1n) is 8.09. The van der Waals surface area contributed by atoms with Crippen LogP contribution in [0.3, 0.4) is 0 Å². The molecule has 2 aliphatic carbocycles. The molecule has 0 heterocycles. The molecule has 5 nitrogen and oxygen atoms in total. The van der Waals surface area contributed by atoms with Crippen LogP contribution in [-0.2, 0) is 9.53 Å². The van der Waals surface area contributed by atoms with Gasteiger partial charge in [-0.1, -0.05) is 19.3 Å². The van der Waals surface area contributed by atoms with Crippen LogP contribution in [0.5, 0.6) is 0 Å². The number of nitrogens with zero attached hydrogens (tertiary/aromatic N) is 2. The zero-order valence-electron chi connectivity index (χ0n) is 13.2. The second-order valence-corrected chi connectivity index (χ2v) is 6.34. The molecule has 1 N–H and O–H groups in total. The Morgan fingerprint density at radius 1 is 1.43 bits per heavy atom. The lowest BCUT2D eigenvalue weighted by Crippen LogP contribution is -2.65. The van der Waals surface area contributed by atoms with Gasteiger partial charge in [-0.2, -0.15) is 5.26 Å². The second kappa shape index (κ2) is 7.24. The zero-order chi connectivity index (χ0) is 15.3. The summed E-state index contributed by atoms with van der Waals surface area (Å²) in [6.45, 7) is 3.28. The first-order chi connectivity index (χ1) is 10.1. The Bertz CT molecular complexity index is 399. The topological polar surface area (TPSA) is 65.4 Å². The molecule has 0 aliphatic heterocycles. The van der Waals surface area contributed by atoms with Crippen LogP contribution in [0.15, 0.2) is 0 Å². The van der Waals surface area contributed by atoms with Crippen molar-refractivity contribution in [2.24, 2.45) is 5.41 Å². The predicted molar refractivity (Wildman–Crippen MR) is 80.6 cm³/mol. The molecule has 0 aromatic rings. The number of nitrogens with one attached hydrogen (secondary N) is 1. The predicted octanol–water partition coefficient (Wildman–Crippen LogP) is 1.69. The highest BCUT2D eigenvalue weighted by molar-refractivity contribution is 5.78. The van der Waals surface area contributed by atoms with Crippen molar-refractivity contribution in [3.8, 4) is 6.07 Å². The molecule has 2 saturated carbocycles. The van der Waals surface area contributed by atoms with E-state index >= 15 is 0 Å². The van der Waals surface area contributed by atoms with Crippen LogP contribution in [0.25, 0.3) is 0 Å². The lowest BCUT2D eigenvalue weighted by molar-refractivity contribution is -0.179. The van der Waals surface area contributed by atoms with E-state index in [2.05, 4.69) is 17.1 Å². The van der Waals surface area contributed by atoms with E-state index in [-0.39, 0.29) is 17.9 Å². The first-order valence-corrected chi connectivity index (χ1v) is 8.09. The molecule has 5 heteroatoms. The summed E-state index contributed by atoms with van der Waals surface area (Å²) < 4.78 is 5.95. The van der Waals surface area contributed by atoms with Gasteiger partial charge in [-0.15, -0.1) is 0 Å². The van der Waals surface area contributed by atoms with Crippen LogP contribution in [0, 0.1) is 16.7 Å². The molecule has 0 radical (unpaired) electrons. The SMILES string of the molecule is CCO[C@@H]1C[C@H](N(C)CC(=O)NCC#N)C12CCCCC2. The van der Waals surface area contributed by atoms with Gasteiger partial charge in [0.25, 0.3) is 0 Å². The molecule has 2 aliphatic rings. The Balaban J connectivity index is 1.95. The number of carbonyl (C=O) groups is 1. The van der Waals surface area contributed by atoms with Crippen LogP contribution >= 0.6 is 0 Å². The third kappa shape index (κ3) is 3.38. The smallest absolute Gasteiger partial charge is 0.235 e. The van der Waals surface area contributed by atoms with Gasteiger partial charge in [-0.25, -0.2) is 0 Å². The Kier molecular flexibility index (Phi) is 5.60. The van der Waals surface area contributed by atoms with Crippen LogP contribution in [-0.4, -0.2) is 49.7 Å². The Hall–Kier alpha value is -1.12. The van der Waals surface area contributed by atoms with Gasteiger partial charge in [0.15, 0.2) is 0 Å². The molecule has 1 spiro atoms. The molecule has 2 atom stereocenters. The van der Waals surface area contributed by atoms with E-state index in [1.54, 1.807) is 0 Å². The number of amides is 1. The maximum atomic E-state index is 11.8. The van der Waals surface area contributed by atoms with E-state index in [1.165, 1.54) is 32.1 Å². The molecule has 118 valence electrons. The fourth-order valence-electron chi connectivity index (χ4n) is 4.18. The summed E-state index contributed by atoms with van der Waals surface area (Å²) in [6.07, 6.45) is 7.68. The van der Waals surface area contributed by atoms with Crippen molar-refractivity contribution in [2.45, 2.75) is 57.6 Å². The van der Waals surface area contributed by atoms with E-state index < -0.39 is 0 Å². The van der Waals surface area contributed by atoms with Gasteiger partial charge in [0.05, 0.1) is 18.7 Å². The van der Waals surface area contributed by atoms with Crippen molar-refractivity contribution in [1.82, 2.24) is 10.2 Å². The zero-order valence-corrected chi connectivity index (χ0v) is 13.2.